The van der Waals surface area contributed by atoms with Crippen LogP contribution < -0.4 is 10.7 Å². The summed E-state index contributed by atoms with van der Waals surface area (Å²) in [7, 11) is 1.91. The van der Waals surface area contributed by atoms with Crippen LogP contribution in [0.4, 0.5) is 11.6 Å². The van der Waals surface area contributed by atoms with Crippen molar-refractivity contribution in [2.45, 2.75) is 65.0 Å². The van der Waals surface area contributed by atoms with Crippen LogP contribution in [0.25, 0.3) is 0 Å². The summed E-state index contributed by atoms with van der Waals surface area (Å²) in [4.78, 5) is 8.80. The summed E-state index contributed by atoms with van der Waals surface area (Å²) in [5.41, 5.74) is 4.70. The fourth-order valence-electron chi connectivity index (χ4n) is 2.99. The highest BCUT2D eigenvalue weighted by Gasteiger charge is 2.26. The minimum absolute atomic E-state index is 0.372. The zero-order valence-corrected chi connectivity index (χ0v) is 13.3. The van der Waals surface area contributed by atoms with E-state index in [1.54, 1.807) is 6.33 Å². The molecule has 5 heteroatoms. The molecular formula is C15H27N5. The molecule has 2 rings (SSSR count). The van der Waals surface area contributed by atoms with E-state index >= 15 is 0 Å². The Morgan fingerprint density at radius 2 is 1.75 bits per heavy atom. The molecule has 0 radical (unpaired) electrons. The van der Waals surface area contributed by atoms with E-state index in [1.807, 2.05) is 7.05 Å². The fraction of sp³-hybridized carbons (Fsp3) is 0.733. The smallest absolute Gasteiger partial charge is 0.149 e. The number of hydrazine groups is 1. The van der Waals surface area contributed by atoms with Gasteiger partial charge in [-0.3, -0.25) is 0 Å². The van der Waals surface area contributed by atoms with Crippen molar-refractivity contribution in [1.82, 2.24) is 15.0 Å². The minimum Gasteiger partial charge on any atom is -0.373 e. The van der Waals surface area contributed by atoms with Gasteiger partial charge in [0.25, 0.3) is 0 Å². The monoisotopic (exact) mass is 277 g/mol. The molecule has 0 aromatic carbocycles. The molecule has 5 nitrogen and oxygen atoms in total. The zero-order valence-electron chi connectivity index (χ0n) is 13.3. The number of aromatic nitrogens is 2. The minimum atomic E-state index is 0.372. The van der Waals surface area contributed by atoms with Crippen LogP contribution in [-0.2, 0) is 0 Å². The number of nitrogens with zero attached hydrogens (tertiary/aromatic N) is 3. The molecule has 2 atom stereocenters. The van der Waals surface area contributed by atoms with E-state index in [-0.39, 0.29) is 0 Å². The third-order valence-electron chi connectivity index (χ3n) is 4.13. The number of nitrogens with one attached hydrogen (secondary N) is 2. The number of anilines is 2. The van der Waals surface area contributed by atoms with Gasteiger partial charge < -0.3 is 10.7 Å². The summed E-state index contributed by atoms with van der Waals surface area (Å²) in [6.45, 7) is 8.90. The molecule has 0 amide bonds. The maximum absolute atomic E-state index is 4.47. The summed E-state index contributed by atoms with van der Waals surface area (Å²) in [6, 6.07) is 1.07. The van der Waals surface area contributed by atoms with E-state index in [4.69, 9.17) is 0 Å². The largest absolute Gasteiger partial charge is 0.373 e. The molecule has 20 heavy (non-hydrogen) atoms. The first-order valence-corrected chi connectivity index (χ1v) is 7.62. The first-order valence-electron chi connectivity index (χ1n) is 7.62. The molecule has 0 saturated carbocycles. The third kappa shape index (κ3) is 3.03. The lowest BCUT2D eigenvalue weighted by atomic mass is 9.99. The summed E-state index contributed by atoms with van der Waals surface area (Å²) >= 11 is 0. The van der Waals surface area contributed by atoms with Crippen LogP contribution in [-0.4, -0.2) is 34.1 Å². The van der Waals surface area contributed by atoms with Gasteiger partial charge in [0.15, 0.2) is 0 Å². The first kappa shape index (κ1) is 15.0. The van der Waals surface area contributed by atoms with Crippen molar-refractivity contribution in [3.05, 3.63) is 11.9 Å². The normalized spacial score (nSPS) is 23.9. The van der Waals surface area contributed by atoms with Gasteiger partial charge in [-0.15, -0.1) is 0 Å². The van der Waals surface area contributed by atoms with Crippen molar-refractivity contribution in [3.63, 3.8) is 0 Å². The van der Waals surface area contributed by atoms with Crippen molar-refractivity contribution >= 4 is 11.6 Å². The summed E-state index contributed by atoms with van der Waals surface area (Å²) in [6.07, 6.45) is 5.40. The molecule has 1 saturated heterocycles. The van der Waals surface area contributed by atoms with Crippen LogP contribution in [0.15, 0.2) is 6.33 Å². The average Bonchev–Trinajstić information content (AvgIpc) is 2.42. The van der Waals surface area contributed by atoms with Crippen LogP contribution in [0.5, 0.6) is 0 Å². The second-order valence-electron chi connectivity index (χ2n) is 6.04. The van der Waals surface area contributed by atoms with Gasteiger partial charge in [-0.2, -0.15) is 0 Å². The number of rotatable bonds is 4. The van der Waals surface area contributed by atoms with E-state index in [1.165, 1.54) is 19.3 Å². The van der Waals surface area contributed by atoms with Gasteiger partial charge in [0.2, 0.25) is 0 Å². The standard InChI is InChI=1S/C15H27N5/c1-10(2)13-14(16-5)17-9-18-15(13)19-20-11(3)7-6-8-12(20)4/h9-12H,6-8H2,1-5H3,(H2,16,17,18,19). The Labute approximate surface area is 122 Å². The van der Waals surface area contributed by atoms with Gasteiger partial charge in [-0.25, -0.2) is 15.0 Å². The van der Waals surface area contributed by atoms with Gasteiger partial charge in [-0.1, -0.05) is 20.3 Å². The molecule has 0 aliphatic carbocycles. The second-order valence-corrected chi connectivity index (χ2v) is 6.04. The Hall–Kier alpha value is -1.36. The molecular weight excluding hydrogens is 250 g/mol. The van der Waals surface area contributed by atoms with Crippen molar-refractivity contribution < 1.29 is 0 Å². The second kappa shape index (κ2) is 6.39. The van der Waals surface area contributed by atoms with Gasteiger partial charge in [0.1, 0.15) is 18.0 Å². The number of hydrogen-bond acceptors (Lipinski definition) is 5. The predicted octanol–water partition coefficient (Wildman–Crippen LogP) is 3.23. The highest BCUT2D eigenvalue weighted by molar-refractivity contribution is 5.58. The SMILES string of the molecule is CNc1ncnc(NN2C(C)CCCC2C)c1C(C)C. The molecule has 112 valence electrons. The quantitative estimate of drug-likeness (QED) is 0.885. The Bertz CT molecular complexity index is 436. The maximum Gasteiger partial charge on any atom is 0.149 e. The van der Waals surface area contributed by atoms with Crippen LogP contribution in [0.2, 0.25) is 0 Å². The average molecular weight is 277 g/mol. The molecule has 2 unspecified atom stereocenters. The molecule has 1 aliphatic rings. The molecule has 1 aromatic rings. The van der Waals surface area contributed by atoms with Crippen molar-refractivity contribution in [3.8, 4) is 0 Å². The molecule has 2 heterocycles. The maximum atomic E-state index is 4.47. The summed E-state index contributed by atoms with van der Waals surface area (Å²) in [5.74, 6) is 2.21. The lowest BCUT2D eigenvalue weighted by molar-refractivity contribution is 0.135. The predicted molar refractivity (Wildman–Crippen MR) is 83.9 cm³/mol. The van der Waals surface area contributed by atoms with E-state index in [9.17, 15) is 0 Å². The Balaban J connectivity index is 2.28. The molecule has 0 spiro atoms. The van der Waals surface area contributed by atoms with Crippen molar-refractivity contribution in [1.29, 1.82) is 0 Å². The fourth-order valence-corrected chi connectivity index (χ4v) is 2.99. The third-order valence-corrected chi connectivity index (χ3v) is 4.13. The van der Waals surface area contributed by atoms with Gasteiger partial charge >= 0.3 is 0 Å². The summed E-state index contributed by atoms with van der Waals surface area (Å²) < 4.78 is 0. The van der Waals surface area contributed by atoms with Crippen LogP contribution in [0.3, 0.4) is 0 Å². The van der Waals surface area contributed by atoms with Crippen LogP contribution in [0, 0.1) is 0 Å². The molecule has 1 fully saturated rings. The zero-order chi connectivity index (χ0) is 14.7. The molecule has 0 bridgehead atoms. The van der Waals surface area contributed by atoms with E-state index in [0.717, 1.165) is 17.2 Å². The topological polar surface area (TPSA) is 53.1 Å². The highest BCUT2D eigenvalue weighted by Crippen LogP contribution is 2.30. The van der Waals surface area contributed by atoms with Crippen LogP contribution >= 0.6 is 0 Å². The highest BCUT2D eigenvalue weighted by atomic mass is 15.5. The number of hydrogen-bond donors (Lipinski definition) is 2. The van der Waals surface area contributed by atoms with Crippen molar-refractivity contribution in [2.75, 3.05) is 17.8 Å². The van der Waals surface area contributed by atoms with Gasteiger partial charge in [0.05, 0.1) is 0 Å². The van der Waals surface area contributed by atoms with E-state index < -0.39 is 0 Å². The first-order chi connectivity index (χ1) is 9.54. The summed E-state index contributed by atoms with van der Waals surface area (Å²) in [5, 5.41) is 5.51. The van der Waals surface area contributed by atoms with Crippen LogP contribution in [0.1, 0.15) is 58.4 Å². The molecule has 1 aliphatic heterocycles. The van der Waals surface area contributed by atoms with Gasteiger partial charge in [-0.05, 0) is 32.6 Å². The Kier molecular flexibility index (Phi) is 4.81. The lowest BCUT2D eigenvalue weighted by Crippen LogP contribution is -2.47. The Morgan fingerprint density at radius 3 is 2.30 bits per heavy atom. The van der Waals surface area contributed by atoms with Crippen molar-refractivity contribution in [2.24, 2.45) is 0 Å². The number of piperidine rings is 1. The van der Waals surface area contributed by atoms with Gasteiger partial charge in [0, 0.05) is 24.7 Å². The van der Waals surface area contributed by atoms with E-state index in [0.29, 0.717) is 18.0 Å². The molecule has 2 N–H and O–H groups in total. The Morgan fingerprint density at radius 1 is 1.15 bits per heavy atom. The lowest BCUT2D eigenvalue weighted by Gasteiger charge is -2.39. The molecule has 1 aromatic heterocycles. The van der Waals surface area contributed by atoms with E-state index in [2.05, 4.69) is 53.4 Å².